The van der Waals surface area contributed by atoms with Crippen molar-refractivity contribution in [1.82, 2.24) is 0 Å². The first-order valence-electron chi connectivity index (χ1n) is 8.10. The fourth-order valence-electron chi connectivity index (χ4n) is 3.55. The van der Waals surface area contributed by atoms with Crippen LogP contribution in [0.4, 0.5) is 0 Å². The summed E-state index contributed by atoms with van der Waals surface area (Å²) in [6.07, 6.45) is 6.50. The van der Waals surface area contributed by atoms with E-state index in [-0.39, 0.29) is 17.3 Å². The average molecular weight is 302 g/mol. The van der Waals surface area contributed by atoms with Crippen LogP contribution in [0.3, 0.4) is 0 Å². The SMILES string of the molecule is COc1ccc(COC2CC3(C(C)C)CC=CC2(C)O3)cc1. The summed E-state index contributed by atoms with van der Waals surface area (Å²) in [6.45, 7) is 7.23. The van der Waals surface area contributed by atoms with Gasteiger partial charge in [-0.2, -0.15) is 0 Å². The summed E-state index contributed by atoms with van der Waals surface area (Å²) < 4.78 is 17.9. The maximum Gasteiger partial charge on any atom is 0.118 e. The second-order valence-corrected chi connectivity index (χ2v) is 6.96. The molecule has 2 aliphatic heterocycles. The standard InChI is InChI=1S/C19H26O3/c1-14(2)19-11-5-10-18(3,22-19)17(12-19)21-13-15-6-8-16(20-4)9-7-15/h5-10,14,17H,11-13H2,1-4H3. The topological polar surface area (TPSA) is 27.7 Å². The Hall–Kier alpha value is -1.32. The predicted octanol–water partition coefficient (Wildman–Crippen LogP) is 4.11. The van der Waals surface area contributed by atoms with Gasteiger partial charge in [0.2, 0.25) is 0 Å². The van der Waals surface area contributed by atoms with Crippen LogP contribution in [-0.2, 0) is 16.1 Å². The van der Waals surface area contributed by atoms with E-state index in [0.717, 1.165) is 24.2 Å². The Morgan fingerprint density at radius 2 is 2.00 bits per heavy atom. The number of rotatable bonds is 5. The molecule has 0 saturated carbocycles. The van der Waals surface area contributed by atoms with E-state index in [0.29, 0.717) is 12.5 Å². The van der Waals surface area contributed by atoms with Gasteiger partial charge < -0.3 is 14.2 Å². The number of ether oxygens (including phenoxy) is 3. The first kappa shape index (κ1) is 15.6. The van der Waals surface area contributed by atoms with Gasteiger partial charge in [0.1, 0.15) is 11.4 Å². The molecule has 3 heteroatoms. The molecule has 0 spiro atoms. The number of benzene rings is 1. The second kappa shape index (κ2) is 5.71. The fourth-order valence-corrected chi connectivity index (χ4v) is 3.55. The number of fused-ring (bicyclic) bond motifs is 2. The molecule has 3 rings (SSSR count). The number of hydrogen-bond acceptors (Lipinski definition) is 3. The largest absolute Gasteiger partial charge is 0.497 e. The van der Waals surface area contributed by atoms with E-state index in [4.69, 9.17) is 14.2 Å². The van der Waals surface area contributed by atoms with Crippen LogP contribution in [0.15, 0.2) is 36.4 Å². The molecule has 0 amide bonds. The van der Waals surface area contributed by atoms with Gasteiger partial charge in [0.25, 0.3) is 0 Å². The zero-order valence-corrected chi connectivity index (χ0v) is 14.0. The Kier molecular flexibility index (Phi) is 4.04. The van der Waals surface area contributed by atoms with Gasteiger partial charge in [-0.1, -0.05) is 38.1 Å². The first-order valence-corrected chi connectivity index (χ1v) is 8.10. The molecule has 3 atom stereocenters. The zero-order chi connectivity index (χ0) is 15.8. The quantitative estimate of drug-likeness (QED) is 0.766. The van der Waals surface area contributed by atoms with Gasteiger partial charge in [-0.05, 0) is 37.0 Å². The normalized spacial score (nSPS) is 33.4. The molecular formula is C19H26O3. The van der Waals surface area contributed by atoms with Crippen LogP contribution in [0.25, 0.3) is 0 Å². The molecule has 3 unspecified atom stereocenters. The van der Waals surface area contributed by atoms with Crippen molar-refractivity contribution in [3.63, 3.8) is 0 Å². The van der Waals surface area contributed by atoms with E-state index in [9.17, 15) is 0 Å². The Bertz CT molecular complexity index is 548. The monoisotopic (exact) mass is 302 g/mol. The molecule has 2 bridgehead atoms. The van der Waals surface area contributed by atoms with Crippen molar-refractivity contribution in [3.05, 3.63) is 42.0 Å². The van der Waals surface area contributed by atoms with Crippen molar-refractivity contribution in [3.8, 4) is 5.75 Å². The van der Waals surface area contributed by atoms with Crippen molar-refractivity contribution in [2.45, 2.75) is 57.5 Å². The zero-order valence-electron chi connectivity index (χ0n) is 14.0. The molecule has 2 heterocycles. The molecule has 0 radical (unpaired) electrons. The molecule has 3 nitrogen and oxygen atoms in total. The predicted molar refractivity (Wildman–Crippen MR) is 87.0 cm³/mol. The van der Waals surface area contributed by atoms with Crippen molar-refractivity contribution in [2.75, 3.05) is 7.11 Å². The highest BCUT2D eigenvalue weighted by Crippen LogP contribution is 2.49. The van der Waals surface area contributed by atoms with Gasteiger partial charge in [0.15, 0.2) is 0 Å². The minimum absolute atomic E-state index is 0.0614. The summed E-state index contributed by atoms with van der Waals surface area (Å²) in [5.74, 6) is 1.36. The van der Waals surface area contributed by atoms with E-state index in [1.807, 2.05) is 12.1 Å². The lowest BCUT2D eigenvalue weighted by Gasteiger charge is -2.37. The molecule has 1 saturated heterocycles. The van der Waals surface area contributed by atoms with Gasteiger partial charge in [0.05, 0.1) is 25.4 Å². The molecule has 2 aliphatic rings. The van der Waals surface area contributed by atoms with Crippen molar-refractivity contribution >= 4 is 0 Å². The van der Waals surface area contributed by atoms with Crippen LogP contribution < -0.4 is 4.74 Å². The summed E-state index contributed by atoms with van der Waals surface area (Å²) in [5, 5.41) is 0. The van der Waals surface area contributed by atoms with Crippen LogP contribution in [-0.4, -0.2) is 24.4 Å². The Morgan fingerprint density at radius 3 is 2.59 bits per heavy atom. The third-order valence-corrected chi connectivity index (χ3v) is 5.17. The van der Waals surface area contributed by atoms with Crippen molar-refractivity contribution in [2.24, 2.45) is 5.92 Å². The van der Waals surface area contributed by atoms with E-state index in [1.54, 1.807) is 7.11 Å². The van der Waals surface area contributed by atoms with Gasteiger partial charge in [0, 0.05) is 6.42 Å². The maximum absolute atomic E-state index is 6.44. The lowest BCUT2D eigenvalue weighted by Crippen LogP contribution is -2.41. The molecule has 0 aliphatic carbocycles. The lowest BCUT2D eigenvalue weighted by atomic mass is 9.84. The molecule has 1 aromatic carbocycles. The Morgan fingerprint density at radius 1 is 1.27 bits per heavy atom. The average Bonchev–Trinajstić information content (AvgIpc) is 2.72. The minimum atomic E-state index is -0.297. The summed E-state index contributed by atoms with van der Waals surface area (Å²) in [5.41, 5.74) is 0.803. The molecule has 0 aromatic heterocycles. The molecular weight excluding hydrogens is 276 g/mol. The van der Waals surface area contributed by atoms with E-state index >= 15 is 0 Å². The Labute approximate surface area is 133 Å². The van der Waals surface area contributed by atoms with E-state index in [2.05, 4.69) is 45.1 Å². The number of hydrogen-bond donors (Lipinski definition) is 0. The van der Waals surface area contributed by atoms with Gasteiger partial charge in [-0.3, -0.25) is 0 Å². The molecule has 22 heavy (non-hydrogen) atoms. The van der Waals surface area contributed by atoms with Crippen LogP contribution in [0.2, 0.25) is 0 Å². The highest BCUT2D eigenvalue weighted by Gasteiger charge is 2.55. The third-order valence-electron chi connectivity index (χ3n) is 5.17. The summed E-state index contributed by atoms with van der Waals surface area (Å²) in [7, 11) is 1.68. The molecule has 1 fully saturated rings. The lowest BCUT2D eigenvalue weighted by molar-refractivity contribution is -0.123. The van der Waals surface area contributed by atoms with Crippen molar-refractivity contribution in [1.29, 1.82) is 0 Å². The molecule has 1 aromatic rings. The second-order valence-electron chi connectivity index (χ2n) is 6.96. The summed E-state index contributed by atoms with van der Waals surface area (Å²) in [6, 6.07) is 8.05. The first-order chi connectivity index (χ1) is 10.5. The van der Waals surface area contributed by atoms with Crippen LogP contribution in [0.1, 0.15) is 39.2 Å². The van der Waals surface area contributed by atoms with Crippen LogP contribution in [0.5, 0.6) is 5.75 Å². The molecule has 0 N–H and O–H groups in total. The maximum atomic E-state index is 6.44. The highest BCUT2D eigenvalue weighted by atomic mass is 16.6. The highest BCUT2D eigenvalue weighted by molar-refractivity contribution is 5.27. The summed E-state index contributed by atoms with van der Waals surface area (Å²) in [4.78, 5) is 0. The van der Waals surface area contributed by atoms with Crippen LogP contribution >= 0.6 is 0 Å². The third kappa shape index (κ3) is 2.68. The Balaban J connectivity index is 1.69. The smallest absolute Gasteiger partial charge is 0.118 e. The minimum Gasteiger partial charge on any atom is -0.497 e. The number of methoxy groups -OCH3 is 1. The van der Waals surface area contributed by atoms with Gasteiger partial charge >= 0.3 is 0 Å². The van der Waals surface area contributed by atoms with E-state index < -0.39 is 0 Å². The van der Waals surface area contributed by atoms with Gasteiger partial charge in [-0.25, -0.2) is 0 Å². The van der Waals surface area contributed by atoms with E-state index in [1.165, 1.54) is 0 Å². The molecule has 120 valence electrons. The fraction of sp³-hybridized carbons (Fsp3) is 0.579. The van der Waals surface area contributed by atoms with Crippen LogP contribution in [0, 0.1) is 5.92 Å². The summed E-state index contributed by atoms with van der Waals surface area (Å²) >= 11 is 0. The van der Waals surface area contributed by atoms with Gasteiger partial charge in [-0.15, -0.1) is 0 Å². The van der Waals surface area contributed by atoms with Crippen molar-refractivity contribution < 1.29 is 14.2 Å².